The number of halogens is 1. The third kappa shape index (κ3) is 2.78. The van der Waals surface area contributed by atoms with E-state index in [1.165, 1.54) is 27.9 Å². The second-order valence-corrected chi connectivity index (χ2v) is 5.30. The summed E-state index contributed by atoms with van der Waals surface area (Å²) in [6.07, 6.45) is 3.78. The molecule has 1 aromatic heterocycles. The summed E-state index contributed by atoms with van der Waals surface area (Å²) in [5.74, 6) is 0. The summed E-state index contributed by atoms with van der Waals surface area (Å²) in [6, 6.07) is 4.51. The summed E-state index contributed by atoms with van der Waals surface area (Å²) in [5, 5.41) is 0. The van der Waals surface area contributed by atoms with Gasteiger partial charge in [0.15, 0.2) is 0 Å². The molecule has 1 heterocycles. The highest BCUT2D eigenvalue weighted by Crippen LogP contribution is 2.20. The van der Waals surface area contributed by atoms with E-state index in [-0.39, 0.29) is 0 Å². The van der Waals surface area contributed by atoms with Crippen molar-refractivity contribution in [1.82, 2.24) is 9.97 Å². The normalized spacial score (nSPS) is 10.8. The highest BCUT2D eigenvalue weighted by molar-refractivity contribution is 9.10. The molecular weight excluding hydrogens is 276 g/mol. The van der Waals surface area contributed by atoms with Crippen molar-refractivity contribution in [2.45, 2.75) is 33.6 Å². The first-order valence-electron chi connectivity index (χ1n) is 5.82. The van der Waals surface area contributed by atoms with Crippen molar-refractivity contribution in [1.29, 1.82) is 0 Å². The summed E-state index contributed by atoms with van der Waals surface area (Å²) in [7, 11) is 0. The van der Waals surface area contributed by atoms with Gasteiger partial charge in [0, 0.05) is 5.69 Å². The molecule has 0 fully saturated rings. The van der Waals surface area contributed by atoms with Crippen molar-refractivity contribution in [3.8, 4) is 0 Å². The van der Waals surface area contributed by atoms with Crippen LogP contribution in [0.1, 0.15) is 27.9 Å². The molecule has 17 heavy (non-hydrogen) atoms. The first-order valence-corrected chi connectivity index (χ1v) is 6.61. The predicted octanol–water partition coefficient (Wildman–Crippen LogP) is 3.88. The van der Waals surface area contributed by atoms with Gasteiger partial charge in [0.1, 0.15) is 4.60 Å². The third-order valence-corrected chi connectivity index (χ3v) is 3.81. The lowest BCUT2D eigenvalue weighted by Crippen LogP contribution is -1.99. The number of rotatable bonds is 3. The Labute approximate surface area is 111 Å². The fourth-order valence-electron chi connectivity index (χ4n) is 2.33. The first kappa shape index (κ1) is 12.4. The van der Waals surface area contributed by atoms with Gasteiger partial charge in [-0.15, -0.1) is 0 Å². The summed E-state index contributed by atoms with van der Waals surface area (Å²) in [6.45, 7) is 6.53. The maximum absolute atomic E-state index is 4.15. The Kier molecular flexibility index (Phi) is 3.67. The lowest BCUT2D eigenvalue weighted by Gasteiger charge is -2.10. The largest absolute Gasteiger partial charge is 0.348 e. The topological polar surface area (TPSA) is 28.7 Å². The Bertz CT molecular complexity index is 506. The van der Waals surface area contributed by atoms with Crippen molar-refractivity contribution >= 4 is 15.9 Å². The van der Waals surface area contributed by atoms with Crippen LogP contribution in [0.4, 0.5) is 0 Å². The first-order chi connectivity index (χ1) is 8.08. The van der Waals surface area contributed by atoms with Gasteiger partial charge in [-0.1, -0.05) is 17.7 Å². The second kappa shape index (κ2) is 5.05. The van der Waals surface area contributed by atoms with Crippen molar-refractivity contribution in [3.63, 3.8) is 0 Å². The Morgan fingerprint density at radius 2 is 1.76 bits per heavy atom. The van der Waals surface area contributed by atoms with Gasteiger partial charge in [-0.05, 0) is 66.2 Å². The molecular formula is C14H17BrN2. The van der Waals surface area contributed by atoms with E-state index in [9.17, 15) is 0 Å². The molecule has 2 aromatic rings. The van der Waals surface area contributed by atoms with Crippen LogP contribution in [0, 0.1) is 20.8 Å². The van der Waals surface area contributed by atoms with E-state index in [1.54, 1.807) is 6.33 Å². The van der Waals surface area contributed by atoms with E-state index in [2.05, 4.69) is 58.8 Å². The average Bonchev–Trinajstić information content (AvgIpc) is 2.62. The van der Waals surface area contributed by atoms with Gasteiger partial charge < -0.3 is 4.98 Å². The lowest BCUT2D eigenvalue weighted by atomic mass is 9.96. The highest BCUT2D eigenvalue weighted by atomic mass is 79.9. The molecule has 0 spiro atoms. The maximum atomic E-state index is 4.15. The summed E-state index contributed by atoms with van der Waals surface area (Å²) >= 11 is 3.45. The molecule has 0 saturated carbocycles. The van der Waals surface area contributed by atoms with E-state index < -0.39 is 0 Å². The van der Waals surface area contributed by atoms with Gasteiger partial charge in [0.2, 0.25) is 0 Å². The van der Waals surface area contributed by atoms with E-state index in [1.807, 2.05) is 0 Å². The molecule has 0 aliphatic heterocycles. The molecule has 1 N–H and O–H groups in total. The summed E-state index contributed by atoms with van der Waals surface area (Å²) < 4.78 is 0.930. The fraction of sp³-hybridized carbons (Fsp3) is 0.357. The Morgan fingerprint density at radius 3 is 2.29 bits per heavy atom. The van der Waals surface area contributed by atoms with E-state index in [4.69, 9.17) is 0 Å². The zero-order chi connectivity index (χ0) is 12.4. The molecule has 0 aliphatic carbocycles. The molecule has 0 atom stereocenters. The SMILES string of the molecule is Cc1cc(C)c(CCc2[nH]cnc2Br)c(C)c1. The van der Waals surface area contributed by atoms with Crippen LogP contribution in [0.3, 0.4) is 0 Å². The lowest BCUT2D eigenvalue weighted by molar-refractivity contribution is 0.901. The molecule has 3 heteroatoms. The Morgan fingerprint density at radius 1 is 1.12 bits per heavy atom. The van der Waals surface area contributed by atoms with E-state index in [0.717, 1.165) is 17.4 Å². The molecule has 0 amide bonds. The second-order valence-electron chi connectivity index (χ2n) is 4.55. The smallest absolute Gasteiger partial charge is 0.127 e. The predicted molar refractivity (Wildman–Crippen MR) is 74.3 cm³/mol. The molecule has 2 nitrogen and oxygen atoms in total. The van der Waals surface area contributed by atoms with Crippen LogP contribution in [-0.2, 0) is 12.8 Å². The number of imidazole rings is 1. The minimum Gasteiger partial charge on any atom is -0.348 e. The van der Waals surface area contributed by atoms with Crippen molar-refractivity contribution in [3.05, 3.63) is 51.0 Å². The number of H-pyrrole nitrogens is 1. The number of aromatic nitrogens is 2. The van der Waals surface area contributed by atoms with Crippen LogP contribution < -0.4 is 0 Å². The van der Waals surface area contributed by atoms with Gasteiger partial charge in [0.25, 0.3) is 0 Å². The molecule has 0 unspecified atom stereocenters. The van der Waals surface area contributed by atoms with Gasteiger partial charge in [-0.3, -0.25) is 0 Å². The number of aromatic amines is 1. The van der Waals surface area contributed by atoms with Crippen molar-refractivity contribution in [2.75, 3.05) is 0 Å². The monoisotopic (exact) mass is 292 g/mol. The van der Waals surface area contributed by atoms with Gasteiger partial charge >= 0.3 is 0 Å². The minimum atomic E-state index is 0.930. The van der Waals surface area contributed by atoms with Crippen LogP contribution in [0.15, 0.2) is 23.1 Å². The quantitative estimate of drug-likeness (QED) is 0.914. The van der Waals surface area contributed by atoms with Gasteiger partial charge in [-0.25, -0.2) is 4.98 Å². The zero-order valence-electron chi connectivity index (χ0n) is 10.5. The summed E-state index contributed by atoms with van der Waals surface area (Å²) in [4.78, 5) is 7.32. The molecule has 0 radical (unpaired) electrons. The van der Waals surface area contributed by atoms with E-state index in [0.29, 0.717) is 0 Å². The minimum absolute atomic E-state index is 0.930. The van der Waals surface area contributed by atoms with Crippen molar-refractivity contribution < 1.29 is 0 Å². The number of aryl methyl sites for hydroxylation is 4. The average molecular weight is 293 g/mol. The molecule has 1 aromatic carbocycles. The van der Waals surface area contributed by atoms with Crippen molar-refractivity contribution in [2.24, 2.45) is 0 Å². The van der Waals surface area contributed by atoms with E-state index >= 15 is 0 Å². The fourth-order valence-corrected chi connectivity index (χ4v) is 2.75. The van der Waals surface area contributed by atoms with Gasteiger partial charge in [-0.2, -0.15) is 0 Å². The Hall–Kier alpha value is -1.09. The molecule has 0 bridgehead atoms. The van der Waals surface area contributed by atoms with Crippen LogP contribution in [0.25, 0.3) is 0 Å². The maximum Gasteiger partial charge on any atom is 0.127 e. The molecule has 0 aliphatic rings. The van der Waals surface area contributed by atoms with Crippen LogP contribution in [0.5, 0.6) is 0 Å². The zero-order valence-corrected chi connectivity index (χ0v) is 12.1. The number of benzene rings is 1. The Balaban J connectivity index is 2.17. The number of nitrogens with zero attached hydrogens (tertiary/aromatic N) is 1. The third-order valence-electron chi connectivity index (χ3n) is 3.13. The number of hydrogen-bond acceptors (Lipinski definition) is 1. The van der Waals surface area contributed by atoms with Crippen LogP contribution in [0.2, 0.25) is 0 Å². The highest BCUT2D eigenvalue weighted by Gasteiger charge is 2.07. The van der Waals surface area contributed by atoms with Gasteiger partial charge in [0.05, 0.1) is 6.33 Å². The molecule has 90 valence electrons. The number of hydrogen-bond donors (Lipinski definition) is 1. The molecule has 0 saturated heterocycles. The summed E-state index contributed by atoms with van der Waals surface area (Å²) in [5.41, 5.74) is 6.74. The number of nitrogens with one attached hydrogen (secondary N) is 1. The van der Waals surface area contributed by atoms with Crippen LogP contribution >= 0.6 is 15.9 Å². The molecule has 2 rings (SSSR count). The van der Waals surface area contributed by atoms with Crippen LogP contribution in [-0.4, -0.2) is 9.97 Å². The standard InChI is InChI=1S/C14H17BrN2/c1-9-6-10(2)12(11(3)7-9)4-5-13-14(15)17-8-16-13/h6-8H,4-5H2,1-3H3,(H,16,17).